The number of rotatable bonds is 3. The van der Waals surface area contributed by atoms with E-state index in [0.29, 0.717) is 10.5 Å². The normalized spacial score (nSPS) is 30.4. The van der Waals surface area contributed by atoms with E-state index in [1.807, 2.05) is 0 Å². The number of carbonyl (C=O) groups is 1. The lowest BCUT2D eigenvalue weighted by molar-refractivity contribution is -0.418. The predicted molar refractivity (Wildman–Crippen MR) is 88.9 cm³/mol. The molecule has 1 aromatic carbocycles. The van der Waals surface area contributed by atoms with Gasteiger partial charge in [0.25, 0.3) is 5.91 Å². The van der Waals surface area contributed by atoms with E-state index in [9.17, 15) is 45.0 Å². The average Bonchev–Trinajstić information content (AvgIpc) is 3.12. The number of likely N-dealkylation sites (tertiary alicyclic amines) is 1. The fraction of sp³-hybridized carbons (Fsp3) is 0.632. The van der Waals surface area contributed by atoms with Crippen molar-refractivity contribution in [1.82, 2.24) is 4.90 Å². The number of aryl methyl sites for hydroxylation is 1. The minimum absolute atomic E-state index is 0.337. The number of aliphatic hydroxyl groups is 1. The molecule has 1 saturated heterocycles. The average molecular weight is 445 g/mol. The molecular weight excluding hydrogens is 426 g/mol. The second-order valence-electron chi connectivity index (χ2n) is 8.00. The lowest BCUT2D eigenvalue weighted by Crippen LogP contribution is -2.72. The minimum atomic E-state index is -6.29. The van der Waals surface area contributed by atoms with Crippen LogP contribution in [0.1, 0.15) is 24.0 Å². The van der Waals surface area contributed by atoms with Gasteiger partial charge < -0.3 is 10.0 Å². The molecule has 0 bridgehead atoms. The molecule has 0 aromatic heterocycles. The molecule has 1 saturated carbocycles. The molecule has 3 nitrogen and oxygen atoms in total. The SMILES string of the molecule is Cc1ccc(C(C)C(O)C(=O)N2CC3C(C2)C(F)(F)C(F)(F)C(F)(F)C3(F)F)cc1. The van der Waals surface area contributed by atoms with Crippen molar-refractivity contribution in [2.24, 2.45) is 11.8 Å². The molecule has 1 heterocycles. The standard InChI is InChI=1S/C19H19F8NO2/c1-9-3-5-11(6-4-9)10(2)14(29)15(30)28-7-12-13(8-28)17(22,23)19(26,27)18(24,25)16(12,20)21/h3-6,10,12-14,29H,7-8H2,1-2H3. The highest BCUT2D eigenvalue weighted by Gasteiger charge is 2.89. The summed E-state index contributed by atoms with van der Waals surface area (Å²) >= 11 is 0. The highest BCUT2D eigenvalue weighted by atomic mass is 19.4. The number of aliphatic hydroxyl groups excluding tert-OH is 1. The number of halogens is 8. The molecule has 30 heavy (non-hydrogen) atoms. The van der Waals surface area contributed by atoms with Gasteiger partial charge in [0, 0.05) is 19.0 Å². The summed E-state index contributed by atoms with van der Waals surface area (Å²) in [6, 6.07) is 6.53. The van der Waals surface area contributed by atoms with Crippen molar-refractivity contribution in [3.8, 4) is 0 Å². The molecule has 0 spiro atoms. The van der Waals surface area contributed by atoms with Crippen molar-refractivity contribution in [1.29, 1.82) is 0 Å². The van der Waals surface area contributed by atoms with Gasteiger partial charge in [-0.25, -0.2) is 0 Å². The summed E-state index contributed by atoms with van der Waals surface area (Å²) in [4.78, 5) is 12.9. The largest absolute Gasteiger partial charge is 0.383 e. The van der Waals surface area contributed by atoms with Crippen LogP contribution in [0.25, 0.3) is 0 Å². The Morgan fingerprint density at radius 3 is 1.73 bits per heavy atom. The summed E-state index contributed by atoms with van der Waals surface area (Å²) in [6.45, 7) is 0.612. The van der Waals surface area contributed by atoms with E-state index in [-0.39, 0.29) is 0 Å². The van der Waals surface area contributed by atoms with Crippen LogP contribution >= 0.6 is 0 Å². The minimum Gasteiger partial charge on any atom is -0.383 e. The van der Waals surface area contributed by atoms with Crippen LogP contribution in [-0.4, -0.2) is 58.8 Å². The molecule has 1 aliphatic heterocycles. The highest BCUT2D eigenvalue weighted by Crippen LogP contribution is 2.65. The molecule has 1 N–H and O–H groups in total. The van der Waals surface area contributed by atoms with Crippen LogP contribution in [0, 0.1) is 18.8 Å². The van der Waals surface area contributed by atoms with Crippen LogP contribution in [0.15, 0.2) is 24.3 Å². The number of benzene rings is 1. The van der Waals surface area contributed by atoms with E-state index in [1.165, 1.54) is 6.92 Å². The smallest absolute Gasteiger partial charge is 0.378 e. The van der Waals surface area contributed by atoms with E-state index in [4.69, 9.17) is 0 Å². The second kappa shape index (κ2) is 6.80. The van der Waals surface area contributed by atoms with Crippen LogP contribution in [-0.2, 0) is 4.79 Å². The Morgan fingerprint density at radius 2 is 1.33 bits per heavy atom. The molecule has 3 rings (SSSR count). The lowest BCUT2D eigenvalue weighted by Gasteiger charge is -2.47. The Kier molecular flexibility index (Phi) is 5.16. The quantitative estimate of drug-likeness (QED) is 0.713. The van der Waals surface area contributed by atoms with Gasteiger partial charge in [0.1, 0.15) is 6.10 Å². The maximum Gasteiger partial charge on any atom is 0.378 e. The fourth-order valence-electron chi connectivity index (χ4n) is 4.06. The molecule has 1 aromatic rings. The lowest BCUT2D eigenvalue weighted by atomic mass is 9.71. The Balaban J connectivity index is 1.87. The summed E-state index contributed by atoms with van der Waals surface area (Å²) < 4.78 is 111. The first-order valence-corrected chi connectivity index (χ1v) is 9.12. The Bertz CT molecular complexity index is 792. The molecule has 1 amide bonds. The Hall–Kier alpha value is -1.91. The van der Waals surface area contributed by atoms with Gasteiger partial charge in [0.2, 0.25) is 0 Å². The number of fused-ring (bicyclic) bond motifs is 1. The molecule has 4 unspecified atom stereocenters. The molecule has 1 aliphatic carbocycles. The molecule has 0 radical (unpaired) electrons. The van der Waals surface area contributed by atoms with Gasteiger partial charge in [0.05, 0.1) is 11.8 Å². The van der Waals surface area contributed by atoms with Crippen LogP contribution in [0.2, 0.25) is 0 Å². The van der Waals surface area contributed by atoms with Gasteiger partial charge >= 0.3 is 23.7 Å². The van der Waals surface area contributed by atoms with Crippen LogP contribution < -0.4 is 0 Å². The number of nitrogens with zero attached hydrogens (tertiary/aromatic N) is 1. The van der Waals surface area contributed by atoms with E-state index in [2.05, 4.69) is 0 Å². The van der Waals surface area contributed by atoms with E-state index < -0.39 is 66.5 Å². The molecule has 2 aliphatic rings. The van der Waals surface area contributed by atoms with Crippen molar-refractivity contribution >= 4 is 5.91 Å². The van der Waals surface area contributed by atoms with Crippen molar-refractivity contribution < 1.29 is 45.0 Å². The van der Waals surface area contributed by atoms with E-state index in [0.717, 1.165) is 5.56 Å². The first kappa shape index (κ1) is 22.8. The molecule has 2 fully saturated rings. The zero-order valence-corrected chi connectivity index (χ0v) is 15.9. The van der Waals surface area contributed by atoms with Crippen molar-refractivity contribution in [3.63, 3.8) is 0 Å². The third kappa shape index (κ3) is 2.91. The number of carbonyl (C=O) groups excluding carboxylic acids is 1. The summed E-state index contributed by atoms with van der Waals surface area (Å²) in [5, 5.41) is 10.3. The topological polar surface area (TPSA) is 40.5 Å². The monoisotopic (exact) mass is 445 g/mol. The van der Waals surface area contributed by atoms with Crippen LogP contribution in [0.4, 0.5) is 35.1 Å². The van der Waals surface area contributed by atoms with Gasteiger partial charge in [-0.1, -0.05) is 36.8 Å². The maximum absolute atomic E-state index is 14.1. The first-order chi connectivity index (χ1) is 13.6. The second-order valence-corrected chi connectivity index (χ2v) is 8.00. The number of hydrogen-bond acceptors (Lipinski definition) is 2. The van der Waals surface area contributed by atoms with Gasteiger partial charge in [-0.2, -0.15) is 35.1 Å². The van der Waals surface area contributed by atoms with Crippen LogP contribution in [0.3, 0.4) is 0 Å². The molecule has 4 atom stereocenters. The van der Waals surface area contributed by atoms with Gasteiger partial charge in [0.15, 0.2) is 0 Å². The number of amides is 1. The number of alkyl halides is 8. The zero-order chi connectivity index (χ0) is 22.9. The van der Waals surface area contributed by atoms with Crippen molar-refractivity contribution in [3.05, 3.63) is 35.4 Å². The number of hydrogen-bond donors (Lipinski definition) is 1. The summed E-state index contributed by atoms with van der Waals surface area (Å²) in [6.07, 6.45) is -1.86. The maximum atomic E-state index is 14.1. The Labute approximate surface area is 166 Å². The van der Waals surface area contributed by atoms with Crippen molar-refractivity contribution in [2.45, 2.75) is 49.6 Å². The van der Waals surface area contributed by atoms with E-state index in [1.54, 1.807) is 31.2 Å². The third-order valence-corrected chi connectivity index (χ3v) is 6.12. The molecule has 168 valence electrons. The Morgan fingerprint density at radius 1 is 0.933 bits per heavy atom. The molecular formula is C19H19F8NO2. The summed E-state index contributed by atoms with van der Waals surface area (Å²) in [5.41, 5.74) is 1.36. The van der Waals surface area contributed by atoms with E-state index >= 15 is 0 Å². The summed E-state index contributed by atoms with van der Waals surface area (Å²) in [7, 11) is 0. The van der Waals surface area contributed by atoms with Crippen molar-refractivity contribution in [2.75, 3.05) is 13.1 Å². The predicted octanol–water partition coefficient (Wildman–Crippen LogP) is 4.09. The zero-order valence-electron chi connectivity index (χ0n) is 15.9. The highest BCUT2D eigenvalue weighted by molar-refractivity contribution is 5.82. The summed E-state index contributed by atoms with van der Waals surface area (Å²) in [5.74, 6) is -31.4. The first-order valence-electron chi connectivity index (χ1n) is 9.12. The van der Waals surface area contributed by atoms with Crippen LogP contribution in [0.5, 0.6) is 0 Å². The molecule has 11 heteroatoms. The van der Waals surface area contributed by atoms with Gasteiger partial charge in [-0.05, 0) is 12.5 Å². The fourth-order valence-corrected chi connectivity index (χ4v) is 4.06. The third-order valence-electron chi connectivity index (χ3n) is 6.12. The van der Waals surface area contributed by atoms with Gasteiger partial charge in [-0.15, -0.1) is 0 Å². The van der Waals surface area contributed by atoms with Gasteiger partial charge in [-0.3, -0.25) is 4.79 Å².